The van der Waals surface area contributed by atoms with Crippen molar-refractivity contribution in [3.63, 3.8) is 0 Å². The summed E-state index contributed by atoms with van der Waals surface area (Å²) in [5.74, 6) is -2.49. The predicted molar refractivity (Wildman–Crippen MR) is 103 cm³/mol. The van der Waals surface area contributed by atoms with Gasteiger partial charge in [-0.2, -0.15) is 8.42 Å². The quantitative estimate of drug-likeness (QED) is 0.194. The Balaban J connectivity index is 2.43. The summed E-state index contributed by atoms with van der Waals surface area (Å²) < 4.78 is 38.1. The van der Waals surface area contributed by atoms with Crippen LogP contribution in [0.15, 0.2) is 24.5 Å². The summed E-state index contributed by atoms with van der Waals surface area (Å²) in [6, 6.07) is 2.99. The van der Waals surface area contributed by atoms with Gasteiger partial charge in [0.1, 0.15) is 0 Å². The molecule has 11 nitrogen and oxygen atoms in total. The number of nitrogens with zero attached hydrogens (tertiary/aromatic N) is 1. The zero-order chi connectivity index (χ0) is 22.8. The molecule has 2 N–H and O–H groups in total. The molecule has 1 aromatic heterocycles. The molecule has 0 spiro atoms. The van der Waals surface area contributed by atoms with E-state index in [0.29, 0.717) is 0 Å². The summed E-state index contributed by atoms with van der Waals surface area (Å²) in [5.41, 5.74) is -1.15. The molecule has 1 amide bonds. The molecular formula is C18H26N2O9S. The number of carbonyl (C=O) groups excluding carboxylic acids is 3. The normalized spacial score (nSPS) is 12.7. The van der Waals surface area contributed by atoms with E-state index in [-0.39, 0.29) is 30.2 Å². The second kappa shape index (κ2) is 11.6. The Labute approximate surface area is 174 Å². The lowest BCUT2D eigenvalue weighted by Crippen LogP contribution is -2.42. The van der Waals surface area contributed by atoms with Gasteiger partial charge in [-0.3, -0.25) is 14.0 Å². The molecule has 0 aliphatic rings. The molecule has 12 heteroatoms. The first-order valence-corrected chi connectivity index (χ1v) is 10.6. The van der Waals surface area contributed by atoms with E-state index >= 15 is 0 Å². The van der Waals surface area contributed by atoms with Gasteiger partial charge in [-0.25, -0.2) is 9.59 Å². The van der Waals surface area contributed by atoms with Crippen LogP contribution < -0.4 is 5.32 Å². The van der Waals surface area contributed by atoms with Crippen LogP contribution in [0.4, 0.5) is 0 Å². The van der Waals surface area contributed by atoms with Crippen molar-refractivity contribution in [3.8, 4) is 0 Å². The smallest absolute Gasteiger partial charge is 0.342 e. The Hall–Kier alpha value is -2.57. The molecule has 0 fully saturated rings. The molecule has 1 atom stereocenters. The summed E-state index contributed by atoms with van der Waals surface area (Å²) in [7, 11) is -3.92. The topological polar surface area (TPSA) is 158 Å². The van der Waals surface area contributed by atoms with Gasteiger partial charge in [-0.1, -0.05) is 13.8 Å². The van der Waals surface area contributed by atoms with Crippen molar-refractivity contribution in [2.24, 2.45) is 5.41 Å². The molecule has 0 aliphatic carbocycles. The molecule has 0 aliphatic heterocycles. The van der Waals surface area contributed by atoms with E-state index in [0.717, 1.165) is 0 Å². The minimum atomic E-state index is -3.92. The van der Waals surface area contributed by atoms with Crippen molar-refractivity contribution >= 4 is 28.0 Å². The van der Waals surface area contributed by atoms with E-state index in [1.54, 1.807) is 0 Å². The Morgan fingerprint density at radius 2 is 1.97 bits per heavy atom. The van der Waals surface area contributed by atoms with E-state index in [9.17, 15) is 27.9 Å². The maximum atomic E-state index is 12.0. The highest BCUT2D eigenvalue weighted by atomic mass is 32.2. The van der Waals surface area contributed by atoms with Gasteiger partial charge in [0, 0.05) is 31.3 Å². The van der Waals surface area contributed by atoms with Gasteiger partial charge >= 0.3 is 11.9 Å². The Morgan fingerprint density at radius 3 is 2.57 bits per heavy atom. The first-order chi connectivity index (χ1) is 13.9. The number of aliphatic hydroxyl groups excluding tert-OH is 1. The number of ether oxygens (including phenoxy) is 2. The fraction of sp³-hybridized carbons (Fsp3) is 0.556. The van der Waals surface area contributed by atoms with Crippen molar-refractivity contribution in [2.45, 2.75) is 33.3 Å². The highest BCUT2D eigenvalue weighted by Crippen LogP contribution is 2.23. The van der Waals surface area contributed by atoms with Crippen LogP contribution in [0, 0.1) is 5.41 Å². The Morgan fingerprint density at radius 1 is 1.27 bits per heavy atom. The highest BCUT2D eigenvalue weighted by Gasteiger charge is 2.36. The van der Waals surface area contributed by atoms with Crippen LogP contribution >= 0.6 is 0 Å². The maximum Gasteiger partial charge on any atom is 0.342 e. The molecule has 168 valence electrons. The molecule has 0 radical (unpaired) electrons. The van der Waals surface area contributed by atoms with E-state index in [4.69, 9.17) is 13.7 Å². The number of carbonyl (C=O) groups is 3. The minimum Gasteiger partial charge on any atom is -0.426 e. The zero-order valence-electron chi connectivity index (χ0n) is 17.0. The molecule has 1 aromatic rings. The van der Waals surface area contributed by atoms with E-state index in [1.807, 2.05) is 0 Å². The number of aromatic nitrogens is 1. The molecule has 0 saturated heterocycles. The Bertz CT molecular complexity index is 825. The average molecular weight is 446 g/mol. The van der Waals surface area contributed by atoms with Crippen molar-refractivity contribution in [2.75, 3.05) is 25.7 Å². The summed E-state index contributed by atoms with van der Waals surface area (Å²) in [5, 5.41) is 12.6. The first-order valence-electron chi connectivity index (χ1n) is 8.98. The number of aliphatic hydroxyl groups is 1. The number of hydrogen-bond acceptors (Lipinski definition) is 10. The molecule has 0 saturated carbocycles. The summed E-state index contributed by atoms with van der Waals surface area (Å²) in [6.45, 7) is 3.09. The fourth-order valence-corrected chi connectivity index (χ4v) is 3.10. The molecule has 0 bridgehead atoms. The van der Waals surface area contributed by atoms with Gasteiger partial charge in [-0.15, -0.1) is 0 Å². The zero-order valence-corrected chi connectivity index (χ0v) is 17.8. The lowest BCUT2D eigenvalue weighted by molar-refractivity contribution is -0.169. The third kappa shape index (κ3) is 9.29. The molecule has 0 aromatic carbocycles. The standard InChI is InChI=1S/C18H26N2O9S/c1-13(21)20-8-5-9-30(25,26)29-11-18(2,3)15(22)17(24)28-12-27-16(23)14-6-4-7-19-10-14/h4,6-7,10,15,22H,5,8-9,11-12H2,1-3H3,(H,20,21)/t15-/m0/s1. The van der Waals surface area contributed by atoms with Gasteiger partial charge in [0.05, 0.1) is 17.9 Å². The highest BCUT2D eigenvalue weighted by molar-refractivity contribution is 7.86. The van der Waals surface area contributed by atoms with Crippen LogP contribution in [0.2, 0.25) is 0 Å². The largest absolute Gasteiger partial charge is 0.426 e. The minimum absolute atomic E-state index is 0.148. The number of pyridine rings is 1. The van der Waals surface area contributed by atoms with Crippen LogP contribution in [0.25, 0.3) is 0 Å². The molecule has 0 unspecified atom stereocenters. The summed E-state index contributed by atoms with van der Waals surface area (Å²) in [4.78, 5) is 38.2. The van der Waals surface area contributed by atoms with Gasteiger partial charge in [0.25, 0.3) is 10.1 Å². The van der Waals surface area contributed by atoms with E-state index in [2.05, 4.69) is 10.3 Å². The fourth-order valence-electron chi connectivity index (χ4n) is 2.00. The SMILES string of the molecule is CC(=O)NCCCS(=O)(=O)OCC(C)(C)[C@@H](O)C(=O)OCOC(=O)c1cccnc1. The van der Waals surface area contributed by atoms with Crippen molar-refractivity contribution in [1.29, 1.82) is 0 Å². The Kier molecular flexibility index (Phi) is 9.82. The number of amides is 1. The van der Waals surface area contributed by atoms with Crippen LogP contribution in [0.1, 0.15) is 37.6 Å². The summed E-state index contributed by atoms with van der Waals surface area (Å²) >= 11 is 0. The summed E-state index contributed by atoms with van der Waals surface area (Å²) in [6.07, 6.45) is 1.16. The van der Waals surface area contributed by atoms with E-state index in [1.165, 1.54) is 45.3 Å². The van der Waals surface area contributed by atoms with Crippen LogP contribution in [0.3, 0.4) is 0 Å². The first kappa shape index (κ1) is 25.5. The molecule has 30 heavy (non-hydrogen) atoms. The van der Waals surface area contributed by atoms with Gasteiger partial charge in [0.15, 0.2) is 6.10 Å². The van der Waals surface area contributed by atoms with Gasteiger partial charge < -0.3 is 19.9 Å². The number of rotatable bonds is 12. The predicted octanol–water partition coefficient (Wildman–Crippen LogP) is -0.00120. The third-order valence-electron chi connectivity index (χ3n) is 3.81. The maximum absolute atomic E-state index is 12.0. The number of hydrogen-bond donors (Lipinski definition) is 2. The monoisotopic (exact) mass is 446 g/mol. The van der Waals surface area contributed by atoms with Gasteiger partial charge in [-0.05, 0) is 18.6 Å². The lowest BCUT2D eigenvalue weighted by atomic mass is 9.88. The lowest BCUT2D eigenvalue weighted by Gasteiger charge is -2.28. The van der Waals surface area contributed by atoms with Crippen molar-refractivity contribution in [3.05, 3.63) is 30.1 Å². The molecule has 1 rings (SSSR count). The van der Waals surface area contributed by atoms with Crippen LogP contribution in [-0.2, 0) is 33.4 Å². The average Bonchev–Trinajstić information content (AvgIpc) is 2.69. The van der Waals surface area contributed by atoms with Crippen LogP contribution in [-0.4, -0.2) is 68.2 Å². The number of esters is 2. The van der Waals surface area contributed by atoms with Gasteiger partial charge in [0.2, 0.25) is 12.7 Å². The third-order valence-corrected chi connectivity index (χ3v) is 5.07. The second-order valence-electron chi connectivity index (χ2n) is 7.01. The molecular weight excluding hydrogens is 420 g/mol. The molecule has 1 heterocycles. The van der Waals surface area contributed by atoms with E-state index < -0.39 is 47.0 Å². The second-order valence-corrected chi connectivity index (χ2v) is 8.77. The van der Waals surface area contributed by atoms with Crippen molar-refractivity contribution < 1.29 is 41.6 Å². The number of nitrogens with one attached hydrogen (secondary N) is 1. The van der Waals surface area contributed by atoms with Crippen molar-refractivity contribution in [1.82, 2.24) is 10.3 Å². The van der Waals surface area contributed by atoms with Crippen LogP contribution in [0.5, 0.6) is 0 Å².